The number of hydrogen-bond donors (Lipinski definition) is 3. The lowest BCUT2D eigenvalue weighted by Gasteiger charge is -2.12. The molecule has 0 spiro atoms. The molecular formula is C18H12FN5O8. The van der Waals surface area contributed by atoms with E-state index >= 15 is 0 Å². The van der Waals surface area contributed by atoms with Gasteiger partial charge < -0.3 is 15.7 Å². The molecule has 4 amide bonds. The van der Waals surface area contributed by atoms with E-state index in [-0.39, 0.29) is 5.69 Å². The largest absolute Gasteiger partial charge is 0.502 e. The van der Waals surface area contributed by atoms with Gasteiger partial charge in [0.1, 0.15) is 18.1 Å². The third-order valence-electron chi connectivity index (χ3n) is 4.22. The molecule has 1 fully saturated rings. The van der Waals surface area contributed by atoms with Crippen molar-refractivity contribution in [3.05, 3.63) is 73.7 Å². The minimum absolute atomic E-state index is 0.172. The molecule has 0 bridgehead atoms. The van der Waals surface area contributed by atoms with Crippen LogP contribution in [0.25, 0.3) is 6.08 Å². The van der Waals surface area contributed by atoms with Gasteiger partial charge in [0.05, 0.1) is 21.6 Å². The molecule has 0 radical (unpaired) electrons. The lowest BCUT2D eigenvalue weighted by atomic mass is 10.1. The van der Waals surface area contributed by atoms with Crippen LogP contribution in [-0.2, 0) is 9.59 Å². The zero-order chi connectivity index (χ0) is 23.6. The Morgan fingerprint density at radius 1 is 1.19 bits per heavy atom. The molecule has 1 heterocycles. The number of imide groups is 1. The van der Waals surface area contributed by atoms with Crippen molar-refractivity contribution in [2.24, 2.45) is 0 Å². The SMILES string of the molecule is O=C(CN1C(=O)N/C(=C/c2cc([N+](=O)[O-])cc([N+](=O)[O-])c2O)C1=O)Nc1ccccc1F. The van der Waals surface area contributed by atoms with Crippen LogP contribution in [0.15, 0.2) is 42.1 Å². The fourth-order valence-corrected chi connectivity index (χ4v) is 2.75. The number of urea groups is 1. The van der Waals surface area contributed by atoms with Crippen molar-refractivity contribution in [3.8, 4) is 5.75 Å². The number of nitro groups is 2. The minimum Gasteiger partial charge on any atom is -0.502 e. The van der Waals surface area contributed by atoms with Gasteiger partial charge in [0.2, 0.25) is 11.7 Å². The summed E-state index contributed by atoms with van der Waals surface area (Å²) in [5.41, 5.74) is -2.87. The molecule has 1 aliphatic heterocycles. The van der Waals surface area contributed by atoms with Crippen LogP contribution in [-0.4, -0.2) is 44.2 Å². The van der Waals surface area contributed by atoms with Crippen molar-refractivity contribution in [2.45, 2.75) is 0 Å². The third kappa shape index (κ3) is 4.33. The van der Waals surface area contributed by atoms with E-state index in [1.54, 1.807) is 0 Å². The van der Waals surface area contributed by atoms with Crippen LogP contribution in [0.4, 0.5) is 26.2 Å². The molecule has 0 unspecified atom stereocenters. The van der Waals surface area contributed by atoms with Crippen molar-refractivity contribution in [1.82, 2.24) is 10.2 Å². The van der Waals surface area contributed by atoms with Gasteiger partial charge in [-0.05, 0) is 18.2 Å². The normalized spacial score (nSPS) is 14.4. The summed E-state index contributed by atoms with van der Waals surface area (Å²) < 4.78 is 13.6. The fraction of sp³-hybridized carbons (Fsp3) is 0.0556. The molecule has 13 nitrogen and oxygen atoms in total. The molecule has 1 aliphatic rings. The molecule has 2 aromatic carbocycles. The van der Waals surface area contributed by atoms with E-state index in [0.717, 1.165) is 18.2 Å². The van der Waals surface area contributed by atoms with Gasteiger partial charge in [-0.1, -0.05) is 12.1 Å². The number of hydrogen-bond acceptors (Lipinski definition) is 8. The number of non-ortho nitro benzene ring substituents is 1. The Hall–Kier alpha value is -4.88. The fourth-order valence-electron chi connectivity index (χ4n) is 2.75. The number of benzene rings is 2. The van der Waals surface area contributed by atoms with E-state index in [2.05, 4.69) is 10.6 Å². The van der Waals surface area contributed by atoms with E-state index in [4.69, 9.17) is 0 Å². The maximum absolute atomic E-state index is 13.6. The predicted octanol–water partition coefficient (Wildman–Crippen LogP) is 1.88. The van der Waals surface area contributed by atoms with E-state index in [1.807, 2.05) is 0 Å². The zero-order valence-electron chi connectivity index (χ0n) is 15.8. The van der Waals surface area contributed by atoms with Gasteiger partial charge in [0.15, 0.2) is 0 Å². The second-order valence-corrected chi connectivity index (χ2v) is 6.32. The summed E-state index contributed by atoms with van der Waals surface area (Å²) in [6, 6.07) is 5.47. The van der Waals surface area contributed by atoms with Crippen LogP contribution < -0.4 is 10.6 Å². The quantitative estimate of drug-likeness (QED) is 0.260. The van der Waals surface area contributed by atoms with E-state index < -0.39 is 68.4 Å². The Balaban J connectivity index is 1.86. The standard InChI is InChI=1S/C18H12FN5O8/c19-11-3-1-2-4-12(11)20-15(25)8-22-17(27)13(21-18(22)28)6-9-5-10(23(29)30)7-14(16(9)26)24(31)32/h1-7,26H,8H2,(H,20,25)(H,21,28)/b13-6+. The molecule has 0 aromatic heterocycles. The van der Waals surface area contributed by atoms with Gasteiger partial charge >= 0.3 is 11.7 Å². The number of phenols is 1. The second-order valence-electron chi connectivity index (χ2n) is 6.32. The van der Waals surface area contributed by atoms with Crippen LogP contribution >= 0.6 is 0 Å². The Morgan fingerprint density at radius 2 is 1.88 bits per heavy atom. The summed E-state index contributed by atoms with van der Waals surface area (Å²) in [7, 11) is 0. The van der Waals surface area contributed by atoms with Gasteiger partial charge in [-0.25, -0.2) is 14.1 Å². The first kappa shape index (κ1) is 21.8. The molecule has 2 aromatic rings. The second kappa shape index (κ2) is 8.47. The Kier molecular flexibility index (Phi) is 5.77. The number of rotatable bonds is 6. The topological polar surface area (TPSA) is 185 Å². The highest BCUT2D eigenvalue weighted by molar-refractivity contribution is 6.16. The molecule has 14 heteroatoms. The van der Waals surface area contributed by atoms with Gasteiger partial charge in [0, 0.05) is 11.6 Å². The number of halogens is 1. The van der Waals surface area contributed by atoms with Crippen LogP contribution in [0, 0.1) is 26.0 Å². The summed E-state index contributed by atoms with van der Waals surface area (Å²) in [5.74, 6) is -3.65. The third-order valence-corrected chi connectivity index (χ3v) is 4.22. The van der Waals surface area contributed by atoms with Crippen LogP contribution in [0.2, 0.25) is 0 Å². The number of carbonyl (C=O) groups is 3. The first-order valence-corrected chi connectivity index (χ1v) is 8.63. The van der Waals surface area contributed by atoms with E-state index in [9.17, 15) is 44.1 Å². The van der Waals surface area contributed by atoms with Crippen molar-refractivity contribution in [2.75, 3.05) is 11.9 Å². The van der Waals surface area contributed by atoms with Crippen LogP contribution in [0.1, 0.15) is 5.56 Å². The lowest BCUT2D eigenvalue weighted by Crippen LogP contribution is -2.38. The highest BCUT2D eigenvalue weighted by Crippen LogP contribution is 2.35. The van der Waals surface area contributed by atoms with Gasteiger partial charge in [-0.3, -0.25) is 29.8 Å². The first-order valence-electron chi connectivity index (χ1n) is 8.63. The number of nitrogens with zero attached hydrogens (tertiary/aromatic N) is 3. The number of aromatic hydroxyl groups is 1. The van der Waals surface area contributed by atoms with Crippen molar-refractivity contribution in [1.29, 1.82) is 0 Å². The summed E-state index contributed by atoms with van der Waals surface area (Å²) in [6.45, 7) is -0.794. The molecule has 3 rings (SSSR count). The molecule has 0 atom stereocenters. The van der Waals surface area contributed by atoms with Crippen molar-refractivity contribution in [3.63, 3.8) is 0 Å². The minimum atomic E-state index is -1.06. The summed E-state index contributed by atoms with van der Waals surface area (Å²) in [5, 5.41) is 36.4. The van der Waals surface area contributed by atoms with Gasteiger partial charge in [-0.15, -0.1) is 0 Å². The highest BCUT2D eigenvalue weighted by atomic mass is 19.1. The van der Waals surface area contributed by atoms with E-state index in [0.29, 0.717) is 11.0 Å². The molecule has 0 saturated carbocycles. The first-order chi connectivity index (χ1) is 15.1. The summed E-state index contributed by atoms with van der Waals surface area (Å²) in [4.78, 5) is 57.2. The number of nitro benzene ring substituents is 2. The Labute approximate surface area is 177 Å². The predicted molar refractivity (Wildman–Crippen MR) is 105 cm³/mol. The highest BCUT2D eigenvalue weighted by Gasteiger charge is 2.35. The van der Waals surface area contributed by atoms with Gasteiger partial charge in [0.25, 0.3) is 11.6 Å². The van der Waals surface area contributed by atoms with Crippen molar-refractivity contribution < 1.29 is 33.7 Å². The number of nitrogens with one attached hydrogen (secondary N) is 2. The van der Waals surface area contributed by atoms with E-state index in [1.165, 1.54) is 18.2 Å². The average Bonchev–Trinajstić information content (AvgIpc) is 2.98. The molecule has 1 saturated heterocycles. The lowest BCUT2D eigenvalue weighted by molar-refractivity contribution is -0.394. The Bertz CT molecular complexity index is 1210. The van der Waals surface area contributed by atoms with Gasteiger partial charge in [-0.2, -0.15) is 0 Å². The number of para-hydroxylation sites is 1. The maximum atomic E-state index is 13.6. The number of carbonyl (C=O) groups excluding carboxylic acids is 3. The molecule has 3 N–H and O–H groups in total. The van der Waals surface area contributed by atoms with Crippen LogP contribution in [0.3, 0.4) is 0 Å². The van der Waals surface area contributed by atoms with Crippen LogP contribution in [0.5, 0.6) is 5.75 Å². The number of phenolic OH excluding ortho intramolecular Hbond substituents is 1. The molecular weight excluding hydrogens is 433 g/mol. The smallest absolute Gasteiger partial charge is 0.329 e. The number of amides is 4. The Morgan fingerprint density at radius 3 is 2.50 bits per heavy atom. The molecule has 164 valence electrons. The van der Waals surface area contributed by atoms with Crippen molar-refractivity contribution >= 4 is 41.0 Å². The number of anilines is 1. The summed E-state index contributed by atoms with van der Waals surface area (Å²) >= 11 is 0. The maximum Gasteiger partial charge on any atom is 0.329 e. The summed E-state index contributed by atoms with van der Waals surface area (Å²) in [6.07, 6.45) is 0.796. The zero-order valence-corrected chi connectivity index (χ0v) is 15.8. The average molecular weight is 445 g/mol. The monoisotopic (exact) mass is 445 g/mol. The molecule has 0 aliphatic carbocycles. The molecule has 32 heavy (non-hydrogen) atoms.